The van der Waals surface area contributed by atoms with E-state index in [1.807, 2.05) is 6.07 Å². The average Bonchev–Trinajstić information content (AvgIpc) is 2.84. The average molecular weight is 214 g/mol. The molecule has 14 heavy (non-hydrogen) atoms. The topological polar surface area (TPSA) is 25.2 Å². The molecule has 78 valence electrons. The molecule has 1 aromatic heterocycles. The molecule has 1 fully saturated rings. The van der Waals surface area contributed by atoms with Crippen LogP contribution in [0.5, 0.6) is 0 Å². The van der Waals surface area contributed by atoms with Gasteiger partial charge in [-0.05, 0) is 48.4 Å². The summed E-state index contributed by atoms with van der Waals surface area (Å²) < 4.78 is 5.26. The summed E-state index contributed by atoms with van der Waals surface area (Å²) in [6.45, 7) is 4.15. The van der Waals surface area contributed by atoms with E-state index in [0.29, 0.717) is 10.6 Å². The van der Waals surface area contributed by atoms with Crippen LogP contribution in [0, 0.1) is 5.41 Å². The smallest absolute Gasteiger partial charge is 0.193 e. The van der Waals surface area contributed by atoms with Gasteiger partial charge in [-0.1, -0.05) is 6.92 Å². The van der Waals surface area contributed by atoms with Crippen molar-refractivity contribution in [3.8, 4) is 0 Å². The van der Waals surface area contributed by atoms with Gasteiger partial charge in [0.2, 0.25) is 0 Å². The van der Waals surface area contributed by atoms with Crippen molar-refractivity contribution in [1.82, 2.24) is 5.32 Å². The lowest BCUT2D eigenvalue weighted by atomic mass is 10.0. The van der Waals surface area contributed by atoms with E-state index in [-0.39, 0.29) is 0 Å². The fourth-order valence-electron chi connectivity index (χ4n) is 1.73. The van der Waals surface area contributed by atoms with Gasteiger partial charge in [-0.3, -0.25) is 0 Å². The van der Waals surface area contributed by atoms with Crippen LogP contribution in [0.2, 0.25) is 5.22 Å². The quantitative estimate of drug-likeness (QED) is 0.813. The van der Waals surface area contributed by atoms with Crippen LogP contribution >= 0.6 is 11.6 Å². The maximum Gasteiger partial charge on any atom is 0.193 e. The third-order valence-electron chi connectivity index (χ3n) is 3.14. The van der Waals surface area contributed by atoms with Crippen LogP contribution in [0.4, 0.5) is 0 Å². The normalized spacial score (nSPS) is 18.4. The van der Waals surface area contributed by atoms with Gasteiger partial charge in [-0.2, -0.15) is 0 Å². The molecule has 0 amide bonds. The van der Waals surface area contributed by atoms with Crippen molar-refractivity contribution in [2.24, 2.45) is 5.41 Å². The van der Waals surface area contributed by atoms with Gasteiger partial charge < -0.3 is 9.73 Å². The third kappa shape index (κ3) is 2.31. The minimum atomic E-state index is 0.471. The highest BCUT2D eigenvalue weighted by atomic mass is 35.5. The van der Waals surface area contributed by atoms with Crippen LogP contribution in [0.3, 0.4) is 0 Å². The van der Waals surface area contributed by atoms with Crippen molar-refractivity contribution >= 4 is 11.6 Å². The number of nitrogens with one attached hydrogen (secondary N) is 1. The lowest BCUT2D eigenvalue weighted by Gasteiger charge is -2.12. The first-order valence-electron chi connectivity index (χ1n) is 5.19. The SMILES string of the molecule is CCC1(CNCc2ccc(Cl)o2)CC1. The molecule has 1 aliphatic carbocycles. The molecule has 0 unspecified atom stereocenters. The zero-order chi connectivity index (χ0) is 10.0. The lowest BCUT2D eigenvalue weighted by Crippen LogP contribution is -2.22. The maximum atomic E-state index is 5.67. The van der Waals surface area contributed by atoms with Gasteiger partial charge in [0.1, 0.15) is 5.76 Å². The van der Waals surface area contributed by atoms with E-state index in [0.717, 1.165) is 18.8 Å². The zero-order valence-corrected chi connectivity index (χ0v) is 9.23. The molecule has 0 bridgehead atoms. The van der Waals surface area contributed by atoms with Crippen molar-refractivity contribution in [2.45, 2.75) is 32.7 Å². The number of hydrogen-bond donors (Lipinski definition) is 1. The zero-order valence-electron chi connectivity index (χ0n) is 8.48. The Bertz CT molecular complexity index is 304. The summed E-state index contributed by atoms with van der Waals surface area (Å²) in [5, 5.41) is 3.89. The van der Waals surface area contributed by atoms with Crippen molar-refractivity contribution in [3.63, 3.8) is 0 Å². The van der Waals surface area contributed by atoms with E-state index >= 15 is 0 Å². The molecule has 0 aliphatic heterocycles. The Kier molecular flexibility index (Phi) is 2.84. The molecule has 2 rings (SSSR count). The van der Waals surface area contributed by atoms with Gasteiger partial charge in [0.15, 0.2) is 5.22 Å². The maximum absolute atomic E-state index is 5.67. The Hall–Kier alpha value is -0.470. The molecule has 2 nitrogen and oxygen atoms in total. The number of hydrogen-bond acceptors (Lipinski definition) is 2. The summed E-state index contributed by atoms with van der Waals surface area (Å²) in [6.07, 6.45) is 4.02. The van der Waals surface area contributed by atoms with Crippen molar-refractivity contribution < 1.29 is 4.42 Å². The van der Waals surface area contributed by atoms with Crippen LogP contribution in [0.25, 0.3) is 0 Å². The van der Waals surface area contributed by atoms with Crippen molar-refractivity contribution in [1.29, 1.82) is 0 Å². The van der Waals surface area contributed by atoms with Gasteiger partial charge >= 0.3 is 0 Å². The van der Waals surface area contributed by atoms with Crippen molar-refractivity contribution in [3.05, 3.63) is 23.1 Å². The predicted molar refractivity (Wildman–Crippen MR) is 57.4 cm³/mol. The van der Waals surface area contributed by atoms with E-state index in [4.69, 9.17) is 16.0 Å². The highest BCUT2D eigenvalue weighted by molar-refractivity contribution is 6.28. The first-order valence-corrected chi connectivity index (χ1v) is 5.57. The van der Waals surface area contributed by atoms with E-state index in [1.165, 1.54) is 19.3 Å². The number of rotatable bonds is 5. The van der Waals surface area contributed by atoms with Gasteiger partial charge in [0.05, 0.1) is 6.54 Å². The van der Waals surface area contributed by atoms with Crippen LogP contribution in [0.1, 0.15) is 31.9 Å². The summed E-state index contributed by atoms with van der Waals surface area (Å²) in [7, 11) is 0. The van der Waals surface area contributed by atoms with Gasteiger partial charge in [-0.25, -0.2) is 0 Å². The standard InChI is InChI=1S/C11H16ClNO/c1-2-11(5-6-11)8-13-7-9-3-4-10(12)14-9/h3-4,13H,2,5-8H2,1H3. The molecule has 1 aromatic rings. The van der Waals surface area contributed by atoms with Gasteiger partial charge in [0.25, 0.3) is 0 Å². The second-order valence-electron chi connectivity index (χ2n) is 4.16. The van der Waals surface area contributed by atoms with E-state index in [9.17, 15) is 0 Å². The van der Waals surface area contributed by atoms with Crippen LogP contribution in [-0.4, -0.2) is 6.54 Å². The first-order chi connectivity index (χ1) is 6.74. The molecule has 1 N–H and O–H groups in total. The van der Waals surface area contributed by atoms with E-state index < -0.39 is 0 Å². The Morgan fingerprint density at radius 1 is 1.50 bits per heavy atom. The minimum absolute atomic E-state index is 0.471. The minimum Gasteiger partial charge on any atom is -0.448 e. The second kappa shape index (κ2) is 3.95. The molecule has 1 heterocycles. The molecule has 0 saturated heterocycles. The third-order valence-corrected chi connectivity index (χ3v) is 3.34. The Morgan fingerprint density at radius 2 is 2.29 bits per heavy atom. The molecular formula is C11H16ClNO. The van der Waals surface area contributed by atoms with E-state index in [1.54, 1.807) is 6.07 Å². The molecule has 1 aliphatic rings. The summed E-state index contributed by atoms with van der Waals surface area (Å²) in [6, 6.07) is 3.70. The summed E-state index contributed by atoms with van der Waals surface area (Å²) in [4.78, 5) is 0. The number of furan rings is 1. The van der Waals surface area contributed by atoms with E-state index in [2.05, 4.69) is 12.2 Å². The summed E-state index contributed by atoms with van der Waals surface area (Å²) in [5.41, 5.74) is 0.594. The highest BCUT2D eigenvalue weighted by Gasteiger charge is 2.39. The van der Waals surface area contributed by atoms with Crippen LogP contribution in [0.15, 0.2) is 16.5 Å². The Labute approximate surface area is 89.6 Å². The largest absolute Gasteiger partial charge is 0.448 e. The van der Waals surface area contributed by atoms with Crippen LogP contribution in [-0.2, 0) is 6.54 Å². The highest BCUT2D eigenvalue weighted by Crippen LogP contribution is 2.47. The number of halogens is 1. The summed E-state index contributed by atoms with van der Waals surface area (Å²) >= 11 is 5.67. The van der Waals surface area contributed by atoms with Crippen LogP contribution < -0.4 is 5.32 Å². The monoisotopic (exact) mass is 213 g/mol. The first kappa shape index (κ1) is 10.1. The van der Waals surface area contributed by atoms with Crippen molar-refractivity contribution in [2.75, 3.05) is 6.54 Å². The predicted octanol–water partition coefficient (Wildman–Crippen LogP) is 3.21. The van der Waals surface area contributed by atoms with Gasteiger partial charge in [-0.15, -0.1) is 0 Å². The fourth-order valence-corrected chi connectivity index (χ4v) is 1.89. The molecule has 0 spiro atoms. The summed E-state index contributed by atoms with van der Waals surface area (Å²) in [5.74, 6) is 0.918. The molecular weight excluding hydrogens is 198 g/mol. The Balaban J connectivity index is 1.73. The molecule has 0 aromatic carbocycles. The second-order valence-corrected chi connectivity index (χ2v) is 4.54. The fraction of sp³-hybridized carbons (Fsp3) is 0.636. The Morgan fingerprint density at radius 3 is 2.79 bits per heavy atom. The molecule has 0 atom stereocenters. The van der Waals surface area contributed by atoms with Gasteiger partial charge in [0, 0.05) is 6.54 Å². The molecule has 1 saturated carbocycles. The lowest BCUT2D eigenvalue weighted by molar-refractivity contribution is 0.417. The molecule has 3 heteroatoms. The molecule has 0 radical (unpaired) electrons.